The Morgan fingerprint density at radius 3 is 0.486 bits per heavy atom. The van der Waals surface area contributed by atoms with Crippen LogP contribution in [0, 0.1) is 0 Å². The van der Waals surface area contributed by atoms with Gasteiger partial charge in [0.2, 0.25) is 0 Å². The van der Waals surface area contributed by atoms with Gasteiger partial charge in [-0.25, -0.2) is 0 Å². The van der Waals surface area contributed by atoms with E-state index in [0.29, 0.717) is 66.5 Å². The van der Waals surface area contributed by atoms with E-state index in [4.69, 9.17) is 0 Å². The monoisotopic (exact) mass is 1140 g/mol. The largest absolute Gasteiger partial charge is 0.0958 e. The predicted octanol–water partition coefficient (Wildman–Crippen LogP) is 18.9. The first-order chi connectivity index (χ1) is 33.2. The molecule has 0 bridgehead atoms. The van der Waals surface area contributed by atoms with E-state index in [9.17, 15) is 0 Å². The van der Waals surface area contributed by atoms with Crippen molar-refractivity contribution in [3.05, 3.63) is 24.3 Å². The molecule has 0 radical (unpaired) electrons. The lowest BCUT2D eigenvalue weighted by molar-refractivity contribution is 0.835. The molecule has 8 heteroatoms. The fourth-order valence-corrected chi connectivity index (χ4v) is 62.1. The maximum Gasteiger partial charge on any atom is 0.0958 e. The van der Waals surface area contributed by atoms with Crippen LogP contribution in [0.5, 0.6) is 0 Å². The SMILES string of the molecule is CC(C)[Si](c1c([Si](C)(C)C)c([Si](C)(C)C)c([Si](C(C)C)(C(C)C)C(C)C)c2cc3c([Si](C(C)C)(C(C)C)C(C)C)c4cc([Si](C)(C)C)c([Si](C)(C)C)cc4c([Si](C(C)C)(C(C)C)C(C)C)c3cc12)(C(C)C)C(C)C. The van der Waals surface area contributed by atoms with E-state index in [-0.39, 0.29) is 0 Å². The molecule has 420 valence electrons. The molecular weight excluding hydrogens is 1020 g/mol. The lowest BCUT2D eigenvalue weighted by Gasteiger charge is -2.52. The van der Waals surface area contributed by atoms with Gasteiger partial charge in [-0.2, -0.15) is 0 Å². The Hall–Kier alpha value is -0.605. The molecule has 0 aliphatic rings. The number of hydrogen-bond acceptors (Lipinski definition) is 0. The molecule has 4 aromatic rings. The molecule has 0 saturated carbocycles. The van der Waals surface area contributed by atoms with Crippen molar-refractivity contribution in [2.45, 2.75) is 311 Å². The molecule has 0 nitrogen and oxygen atoms in total. The van der Waals surface area contributed by atoms with Crippen LogP contribution in [0.2, 0.25) is 145 Å². The first-order valence-corrected chi connectivity index (χ1v) is 53.8. The van der Waals surface area contributed by atoms with Crippen LogP contribution in [0.3, 0.4) is 0 Å². The van der Waals surface area contributed by atoms with Crippen molar-refractivity contribution in [3.8, 4) is 0 Å². The summed E-state index contributed by atoms with van der Waals surface area (Å²) in [5, 5.41) is 25.4. The van der Waals surface area contributed by atoms with Crippen molar-refractivity contribution in [1.29, 1.82) is 0 Å². The molecule has 74 heavy (non-hydrogen) atoms. The molecule has 0 saturated heterocycles. The van der Waals surface area contributed by atoms with Crippen molar-refractivity contribution < 1.29 is 0 Å². The molecule has 4 aromatic carbocycles. The smallest absolute Gasteiger partial charge is 0.0656 e. The molecule has 0 unspecified atom stereocenters. The van der Waals surface area contributed by atoms with Gasteiger partial charge in [0, 0.05) is 0 Å². The van der Waals surface area contributed by atoms with Crippen LogP contribution in [0.4, 0.5) is 0 Å². The van der Waals surface area contributed by atoms with Crippen molar-refractivity contribution in [2.75, 3.05) is 0 Å². The maximum atomic E-state index is 3.12. The summed E-state index contributed by atoms with van der Waals surface area (Å²) in [6, 6.07) is 12.2. The van der Waals surface area contributed by atoms with Gasteiger partial charge in [-0.3, -0.25) is 0 Å². The van der Waals surface area contributed by atoms with Gasteiger partial charge in [-0.15, -0.1) is 0 Å². The normalized spacial score (nSPS) is 14.9. The number of benzene rings is 4. The Bertz CT molecular complexity index is 2370. The van der Waals surface area contributed by atoms with Gasteiger partial charge in [0.05, 0.1) is 64.6 Å². The van der Waals surface area contributed by atoms with Crippen LogP contribution < -0.4 is 41.5 Å². The standard InChI is InChI=1S/C66H124Si8/c1-41(2)71(42(3)4,43(5)6)61-53-37-55-56(38-54(53)62(72(44(7)8,45(9)10)46(11)12)58-40-60(68(28,29)30)59(39-57(58)61)67(25,26)27)64(74(50(19)20,51(21)22)52(23)24)66(70(34,35)36)65(69(31,32)33)63(55)73(47(13)14,48(15)16)49(17)18/h37-52H,1-36H3. The summed E-state index contributed by atoms with van der Waals surface area (Å²) in [4.78, 5) is 0. The predicted molar refractivity (Wildman–Crippen MR) is 374 cm³/mol. The summed E-state index contributed by atoms with van der Waals surface area (Å²) in [6.45, 7) is 97.3. The summed E-state index contributed by atoms with van der Waals surface area (Å²) in [5.74, 6) is 0. The molecule has 4 rings (SSSR count). The molecule has 0 amide bonds. The third-order valence-electron chi connectivity index (χ3n) is 21.0. The fraction of sp³-hybridized carbons (Fsp3) is 0.727. The van der Waals surface area contributed by atoms with Crippen molar-refractivity contribution in [3.63, 3.8) is 0 Å². The van der Waals surface area contributed by atoms with E-state index in [1.807, 2.05) is 31.1 Å². The van der Waals surface area contributed by atoms with Crippen molar-refractivity contribution >= 4 is 138 Å². The van der Waals surface area contributed by atoms with Crippen LogP contribution >= 0.6 is 0 Å². The molecule has 0 N–H and O–H groups in total. The third-order valence-corrected chi connectivity index (χ3v) is 58.6. The molecule has 0 fully saturated rings. The highest BCUT2D eigenvalue weighted by Crippen LogP contribution is 2.50. The maximum absolute atomic E-state index is 3.12. The molecule has 0 heterocycles. The molecule has 0 aromatic heterocycles. The van der Waals surface area contributed by atoms with Crippen molar-refractivity contribution in [1.82, 2.24) is 0 Å². The Morgan fingerprint density at radius 1 is 0.189 bits per heavy atom. The average Bonchev–Trinajstić information content (AvgIpc) is 3.18. The minimum absolute atomic E-state index is 0.588. The van der Waals surface area contributed by atoms with Crippen LogP contribution in [0.15, 0.2) is 24.3 Å². The zero-order valence-electron chi connectivity index (χ0n) is 56.2. The number of hydrogen-bond donors (Lipinski definition) is 0. The first-order valence-electron chi connectivity index (χ1n) is 30.9. The summed E-state index contributed by atoms with van der Waals surface area (Å²) in [7, 11) is -17.1. The van der Waals surface area contributed by atoms with Crippen LogP contribution in [-0.2, 0) is 0 Å². The number of fused-ring (bicyclic) bond motifs is 3. The highest BCUT2D eigenvalue weighted by molar-refractivity contribution is 7.11. The second-order valence-electron chi connectivity index (χ2n) is 32.7. The lowest BCUT2D eigenvalue weighted by atomic mass is 9.98. The van der Waals surface area contributed by atoms with E-state index >= 15 is 0 Å². The topological polar surface area (TPSA) is 0 Å². The van der Waals surface area contributed by atoms with Gasteiger partial charge in [-0.1, -0.05) is 288 Å². The van der Waals surface area contributed by atoms with E-state index in [0.717, 1.165) is 0 Å². The summed E-state index contributed by atoms with van der Waals surface area (Å²) >= 11 is 0. The molecule has 0 aliphatic heterocycles. The van der Waals surface area contributed by atoms with E-state index in [2.05, 4.69) is 269 Å². The second-order valence-corrected chi connectivity index (χ2v) is 76.1. The Labute approximate surface area is 470 Å². The van der Waals surface area contributed by atoms with Gasteiger partial charge in [-0.05, 0) is 121 Å². The fourth-order valence-electron chi connectivity index (χ4n) is 19.3. The third kappa shape index (κ3) is 10.1. The average molecular weight is 1140 g/mol. The van der Waals surface area contributed by atoms with Crippen LogP contribution in [-0.4, -0.2) is 64.6 Å². The molecule has 0 aliphatic carbocycles. The van der Waals surface area contributed by atoms with Crippen molar-refractivity contribution in [2.24, 2.45) is 0 Å². The van der Waals surface area contributed by atoms with E-state index in [1.165, 1.54) is 0 Å². The summed E-state index contributed by atoms with van der Waals surface area (Å²) in [6.07, 6.45) is 0. The minimum atomic E-state index is -2.37. The Balaban J connectivity index is 3.13. The van der Waals surface area contributed by atoms with Gasteiger partial charge >= 0.3 is 0 Å². The summed E-state index contributed by atoms with van der Waals surface area (Å²) in [5.41, 5.74) is 7.21. The van der Waals surface area contributed by atoms with Gasteiger partial charge in [0.1, 0.15) is 0 Å². The Kier molecular flexibility index (Phi) is 19.6. The lowest BCUT2D eigenvalue weighted by Crippen LogP contribution is -2.77. The molecular formula is C66H124Si8. The zero-order chi connectivity index (χ0) is 57.8. The quantitative estimate of drug-likeness (QED) is 0.0611. The molecule has 0 spiro atoms. The van der Waals surface area contributed by atoms with Gasteiger partial charge in [0.25, 0.3) is 0 Å². The van der Waals surface area contributed by atoms with Crippen LogP contribution in [0.1, 0.15) is 166 Å². The second kappa shape index (κ2) is 22.0. The van der Waals surface area contributed by atoms with Crippen LogP contribution in [0.25, 0.3) is 32.3 Å². The Morgan fingerprint density at radius 2 is 0.338 bits per heavy atom. The highest BCUT2D eigenvalue weighted by Gasteiger charge is 2.56. The van der Waals surface area contributed by atoms with E-state index < -0.39 is 64.6 Å². The molecule has 0 atom stereocenters. The first kappa shape index (κ1) is 65.9. The summed E-state index contributed by atoms with van der Waals surface area (Å²) < 4.78 is 0. The minimum Gasteiger partial charge on any atom is -0.0656 e. The highest BCUT2D eigenvalue weighted by atomic mass is 28.3. The van der Waals surface area contributed by atoms with Gasteiger partial charge < -0.3 is 0 Å². The zero-order valence-corrected chi connectivity index (χ0v) is 64.2. The van der Waals surface area contributed by atoms with E-state index in [1.54, 1.807) is 42.7 Å². The number of rotatable bonds is 20. The van der Waals surface area contributed by atoms with Gasteiger partial charge in [0.15, 0.2) is 0 Å².